The maximum Gasteiger partial charge on any atom is 0.338 e. The number of benzene rings is 1. The van der Waals surface area contributed by atoms with E-state index in [0.29, 0.717) is 10.1 Å². The van der Waals surface area contributed by atoms with Crippen LogP contribution in [0.2, 0.25) is 0 Å². The van der Waals surface area contributed by atoms with Gasteiger partial charge in [0.05, 0.1) is 10.1 Å². The Morgan fingerprint density at radius 3 is 2.37 bits per heavy atom. The Bertz CT molecular complexity index is 469. The molecule has 1 fully saturated rings. The smallest absolute Gasteiger partial charge is 0.338 e. The van der Waals surface area contributed by atoms with Gasteiger partial charge in [-0.25, -0.2) is 4.79 Å². The van der Waals surface area contributed by atoms with Crippen LogP contribution in [-0.2, 0) is 9.53 Å². The molecule has 2 rings (SSSR count). The molecule has 0 radical (unpaired) electrons. The number of carbonyl (C=O) groups excluding carboxylic acids is 2. The molecule has 1 aromatic rings. The molecule has 0 aromatic heterocycles. The van der Waals surface area contributed by atoms with Crippen LogP contribution in [-0.4, -0.2) is 29.5 Å². The summed E-state index contributed by atoms with van der Waals surface area (Å²) in [6.07, 6.45) is -0.909. The summed E-state index contributed by atoms with van der Waals surface area (Å²) in [6, 6.07) is 7.32. The number of ether oxygens (including phenoxy) is 1. The van der Waals surface area contributed by atoms with Crippen LogP contribution < -0.4 is 5.73 Å². The van der Waals surface area contributed by atoms with Gasteiger partial charge in [-0.1, -0.05) is 12.1 Å². The fraction of sp³-hybridized carbons (Fsp3) is 0.385. The lowest BCUT2D eigenvalue weighted by Gasteiger charge is -2.11. The van der Waals surface area contributed by atoms with Crippen LogP contribution in [0.3, 0.4) is 0 Å². The van der Waals surface area contributed by atoms with E-state index >= 15 is 0 Å². The summed E-state index contributed by atoms with van der Waals surface area (Å²) in [5, 5.41) is 0. The van der Waals surface area contributed by atoms with E-state index in [1.807, 2.05) is 35.7 Å². The molecule has 4 nitrogen and oxygen atoms in total. The van der Waals surface area contributed by atoms with Gasteiger partial charge in [0.25, 0.3) is 5.91 Å². The average Bonchev–Trinajstić information content (AvgIpc) is 2.92. The quantitative estimate of drug-likeness (QED) is 0.863. The minimum Gasteiger partial charge on any atom is -0.449 e. The van der Waals surface area contributed by atoms with Gasteiger partial charge < -0.3 is 10.5 Å². The van der Waals surface area contributed by atoms with Gasteiger partial charge in [0.15, 0.2) is 6.10 Å². The molecule has 2 N–H and O–H groups in total. The second-order valence-corrected chi connectivity index (χ2v) is 6.87. The first kappa shape index (κ1) is 14.3. The molecule has 0 bridgehead atoms. The van der Waals surface area contributed by atoms with Gasteiger partial charge in [0, 0.05) is 11.5 Å². The third-order valence-corrected chi connectivity index (χ3v) is 5.83. The van der Waals surface area contributed by atoms with Crippen molar-refractivity contribution < 1.29 is 14.3 Å². The van der Waals surface area contributed by atoms with Crippen molar-refractivity contribution in [3.05, 3.63) is 35.4 Å². The number of esters is 1. The van der Waals surface area contributed by atoms with Crippen LogP contribution in [0.15, 0.2) is 24.3 Å². The molecule has 6 heteroatoms. The molecule has 0 saturated carbocycles. The van der Waals surface area contributed by atoms with Crippen molar-refractivity contribution in [2.45, 2.75) is 17.6 Å². The summed E-state index contributed by atoms with van der Waals surface area (Å²) < 4.78 is 5.39. The zero-order valence-electron chi connectivity index (χ0n) is 10.5. The standard InChI is InChI=1S/C13H15NO3S2/c1-8(11(14)15)17-12(16)9-2-4-10(5-3-9)13-18-6-7-19-13/h2-5,8,13H,6-7H2,1H3,(H2,14,15)/t8-/m1/s1. The lowest BCUT2D eigenvalue weighted by Crippen LogP contribution is -2.30. The maximum atomic E-state index is 11.8. The van der Waals surface area contributed by atoms with Gasteiger partial charge in [-0.05, 0) is 24.6 Å². The third-order valence-electron chi connectivity index (χ3n) is 2.72. The zero-order chi connectivity index (χ0) is 13.8. The first-order valence-electron chi connectivity index (χ1n) is 5.91. The van der Waals surface area contributed by atoms with Crippen molar-refractivity contribution in [1.29, 1.82) is 0 Å². The first-order chi connectivity index (χ1) is 9.08. The molecule has 1 saturated heterocycles. The molecule has 1 aliphatic heterocycles. The largest absolute Gasteiger partial charge is 0.449 e. The number of primary amides is 1. The molecule has 1 aliphatic rings. The topological polar surface area (TPSA) is 69.4 Å². The number of thioether (sulfide) groups is 2. The number of rotatable bonds is 4. The molecule has 1 aromatic carbocycles. The monoisotopic (exact) mass is 297 g/mol. The number of amides is 1. The SMILES string of the molecule is C[C@@H](OC(=O)c1ccc(C2SCCS2)cc1)C(N)=O. The second kappa shape index (κ2) is 6.34. The lowest BCUT2D eigenvalue weighted by molar-refractivity contribution is -0.125. The van der Waals surface area contributed by atoms with E-state index in [-0.39, 0.29) is 0 Å². The molecule has 1 amide bonds. The predicted octanol–water partition coefficient (Wildman–Crippen LogP) is 2.20. The van der Waals surface area contributed by atoms with Crippen molar-refractivity contribution in [3.63, 3.8) is 0 Å². The second-order valence-electron chi connectivity index (χ2n) is 4.15. The molecule has 19 heavy (non-hydrogen) atoms. The Morgan fingerprint density at radius 2 is 1.84 bits per heavy atom. The summed E-state index contributed by atoms with van der Waals surface area (Å²) in [6.45, 7) is 1.46. The highest BCUT2D eigenvalue weighted by Crippen LogP contribution is 2.45. The minimum absolute atomic E-state index is 0.435. The van der Waals surface area contributed by atoms with E-state index in [2.05, 4.69) is 0 Å². The summed E-state index contributed by atoms with van der Waals surface area (Å²) in [5.74, 6) is 1.15. The molecule has 0 aliphatic carbocycles. The van der Waals surface area contributed by atoms with E-state index in [4.69, 9.17) is 10.5 Å². The Balaban J connectivity index is 2.01. The van der Waals surface area contributed by atoms with Gasteiger partial charge in [0.1, 0.15) is 0 Å². The van der Waals surface area contributed by atoms with Gasteiger partial charge in [0.2, 0.25) is 0 Å². The van der Waals surface area contributed by atoms with E-state index in [1.54, 1.807) is 12.1 Å². The van der Waals surface area contributed by atoms with Crippen LogP contribution in [0.5, 0.6) is 0 Å². The Hall–Kier alpha value is -1.14. The maximum absolute atomic E-state index is 11.8. The number of carbonyl (C=O) groups is 2. The van der Waals surface area contributed by atoms with Crippen molar-refractivity contribution in [2.75, 3.05) is 11.5 Å². The summed E-state index contributed by atoms with van der Waals surface area (Å²) in [4.78, 5) is 22.6. The molecule has 0 unspecified atom stereocenters. The van der Waals surface area contributed by atoms with Gasteiger partial charge >= 0.3 is 5.97 Å². The predicted molar refractivity (Wildman–Crippen MR) is 78.2 cm³/mol. The zero-order valence-corrected chi connectivity index (χ0v) is 12.1. The first-order valence-corrected chi connectivity index (χ1v) is 8.01. The number of hydrogen-bond acceptors (Lipinski definition) is 5. The van der Waals surface area contributed by atoms with Crippen molar-refractivity contribution in [1.82, 2.24) is 0 Å². The van der Waals surface area contributed by atoms with Crippen LogP contribution in [0, 0.1) is 0 Å². The fourth-order valence-electron chi connectivity index (χ4n) is 1.61. The van der Waals surface area contributed by atoms with Crippen LogP contribution in [0.25, 0.3) is 0 Å². The van der Waals surface area contributed by atoms with E-state index < -0.39 is 18.0 Å². The minimum atomic E-state index is -0.909. The molecular weight excluding hydrogens is 282 g/mol. The van der Waals surface area contributed by atoms with E-state index in [9.17, 15) is 9.59 Å². The fourth-order valence-corrected chi connectivity index (χ4v) is 4.47. The Labute approximate surface area is 120 Å². The van der Waals surface area contributed by atoms with Crippen LogP contribution in [0.4, 0.5) is 0 Å². The summed E-state index contributed by atoms with van der Waals surface area (Å²) in [5.41, 5.74) is 6.68. The van der Waals surface area contributed by atoms with E-state index in [0.717, 1.165) is 11.5 Å². The van der Waals surface area contributed by atoms with Crippen molar-refractivity contribution >= 4 is 35.4 Å². The van der Waals surface area contributed by atoms with Gasteiger partial charge in [-0.2, -0.15) is 0 Å². The van der Waals surface area contributed by atoms with E-state index in [1.165, 1.54) is 12.5 Å². The highest BCUT2D eigenvalue weighted by Gasteiger charge is 2.19. The Kier molecular flexibility index (Phi) is 4.76. The van der Waals surface area contributed by atoms with Crippen molar-refractivity contribution in [3.8, 4) is 0 Å². The van der Waals surface area contributed by atoms with Crippen LogP contribution in [0.1, 0.15) is 27.4 Å². The molecule has 1 atom stereocenters. The molecular formula is C13H15NO3S2. The lowest BCUT2D eigenvalue weighted by atomic mass is 10.1. The Morgan fingerprint density at radius 1 is 1.26 bits per heavy atom. The highest BCUT2D eigenvalue weighted by molar-refractivity contribution is 8.19. The number of nitrogens with two attached hydrogens (primary N) is 1. The third kappa shape index (κ3) is 3.67. The average molecular weight is 297 g/mol. The van der Waals surface area contributed by atoms with Crippen molar-refractivity contribution in [2.24, 2.45) is 5.73 Å². The molecule has 0 spiro atoms. The van der Waals surface area contributed by atoms with Crippen LogP contribution >= 0.6 is 23.5 Å². The number of hydrogen-bond donors (Lipinski definition) is 1. The molecule has 102 valence electrons. The normalized spacial score (nSPS) is 17.1. The van der Waals surface area contributed by atoms with Gasteiger partial charge in [-0.3, -0.25) is 4.79 Å². The summed E-state index contributed by atoms with van der Waals surface area (Å²) in [7, 11) is 0. The highest BCUT2D eigenvalue weighted by atomic mass is 32.2. The summed E-state index contributed by atoms with van der Waals surface area (Å²) >= 11 is 3.82. The van der Waals surface area contributed by atoms with Gasteiger partial charge in [-0.15, -0.1) is 23.5 Å². The molecule has 1 heterocycles.